The Hall–Kier alpha value is -1.33. The van der Waals surface area contributed by atoms with Gasteiger partial charge in [-0.1, -0.05) is 0 Å². The Morgan fingerprint density at radius 3 is 2.29 bits per heavy atom. The molecule has 1 rings (SSSR count). The van der Waals surface area contributed by atoms with Crippen molar-refractivity contribution in [3.8, 4) is 5.75 Å². The van der Waals surface area contributed by atoms with Gasteiger partial charge in [-0.15, -0.1) is 0 Å². The summed E-state index contributed by atoms with van der Waals surface area (Å²) in [7, 11) is 0. The van der Waals surface area contributed by atoms with Crippen LogP contribution in [-0.2, 0) is 0 Å². The molecule has 0 radical (unpaired) electrons. The van der Waals surface area contributed by atoms with E-state index in [9.17, 15) is 22.0 Å². The molecule has 1 nitrogen and oxygen atoms in total. The van der Waals surface area contributed by atoms with Gasteiger partial charge < -0.3 is 4.74 Å². The first-order chi connectivity index (χ1) is 6.38. The van der Waals surface area contributed by atoms with E-state index in [-0.39, 0.29) is 0 Å². The fraction of sp³-hybridized carbons (Fsp3) is 0.250. The Bertz CT molecular complexity index is 320. The second-order valence-corrected chi connectivity index (χ2v) is 2.48. The van der Waals surface area contributed by atoms with E-state index in [1.165, 1.54) is 0 Å². The fourth-order valence-electron chi connectivity index (χ4n) is 0.752. The minimum atomic E-state index is -4.54. The van der Waals surface area contributed by atoms with E-state index in [1.807, 2.05) is 0 Å². The van der Waals surface area contributed by atoms with Gasteiger partial charge in [-0.3, -0.25) is 0 Å². The molecule has 0 aliphatic carbocycles. The third-order valence-electron chi connectivity index (χ3n) is 1.29. The average molecular weight is 212 g/mol. The van der Waals surface area contributed by atoms with Crippen molar-refractivity contribution < 1.29 is 26.7 Å². The third-order valence-corrected chi connectivity index (χ3v) is 1.29. The first kappa shape index (κ1) is 10.7. The molecule has 0 amide bonds. The van der Waals surface area contributed by atoms with Crippen LogP contribution in [0.25, 0.3) is 0 Å². The van der Waals surface area contributed by atoms with E-state index < -0.39 is 30.2 Å². The van der Waals surface area contributed by atoms with Crippen molar-refractivity contribution in [1.82, 2.24) is 0 Å². The largest absolute Gasteiger partial charge is 0.481 e. The average Bonchev–Trinajstić information content (AvgIpc) is 2.00. The van der Waals surface area contributed by atoms with Crippen molar-refractivity contribution in [1.29, 1.82) is 0 Å². The van der Waals surface area contributed by atoms with E-state index in [1.54, 1.807) is 0 Å². The van der Waals surface area contributed by atoms with Crippen LogP contribution in [0.1, 0.15) is 0 Å². The van der Waals surface area contributed by atoms with Gasteiger partial charge in [0.15, 0.2) is 18.2 Å². The van der Waals surface area contributed by atoms with Crippen molar-refractivity contribution in [3.63, 3.8) is 0 Å². The summed E-state index contributed by atoms with van der Waals surface area (Å²) < 4.78 is 64.0. The van der Waals surface area contributed by atoms with Crippen molar-refractivity contribution >= 4 is 0 Å². The molecule has 14 heavy (non-hydrogen) atoms. The monoisotopic (exact) mass is 212 g/mol. The molecular formula is C8H5F5O. The molecule has 1 aromatic rings. The molecule has 0 aromatic heterocycles. The van der Waals surface area contributed by atoms with E-state index >= 15 is 0 Å². The smallest absolute Gasteiger partial charge is 0.422 e. The lowest BCUT2D eigenvalue weighted by Gasteiger charge is -2.09. The second kappa shape index (κ2) is 3.81. The highest BCUT2D eigenvalue weighted by Gasteiger charge is 2.28. The molecule has 0 fully saturated rings. The SMILES string of the molecule is Fc1ccc(OCC(F)(F)F)c(F)c1. The highest BCUT2D eigenvalue weighted by atomic mass is 19.4. The summed E-state index contributed by atoms with van der Waals surface area (Å²) in [6.45, 7) is -1.60. The van der Waals surface area contributed by atoms with Gasteiger partial charge in [0.25, 0.3) is 0 Å². The number of rotatable bonds is 2. The molecular weight excluding hydrogens is 207 g/mol. The van der Waals surface area contributed by atoms with Gasteiger partial charge in [-0.25, -0.2) is 8.78 Å². The van der Waals surface area contributed by atoms with Crippen LogP contribution in [0.2, 0.25) is 0 Å². The maximum Gasteiger partial charge on any atom is 0.422 e. The molecule has 1 aromatic carbocycles. The van der Waals surface area contributed by atoms with Crippen LogP contribution in [0, 0.1) is 11.6 Å². The number of halogens is 5. The van der Waals surface area contributed by atoms with Gasteiger partial charge in [-0.05, 0) is 12.1 Å². The molecule has 0 spiro atoms. The summed E-state index contributed by atoms with van der Waals surface area (Å²) in [6.07, 6.45) is -4.54. The highest BCUT2D eigenvalue weighted by molar-refractivity contribution is 5.24. The molecule has 0 aliphatic heterocycles. The van der Waals surface area contributed by atoms with Crippen LogP contribution in [-0.4, -0.2) is 12.8 Å². The number of hydrogen-bond donors (Lipinski definition) is 0. The van der Waals surface area contributed by atoms with Crippen molar-refractivity contribution in [2.24, 2.45) is 0 Å². The van der Waals surface area contributed by atoms with Gasteiger partial charge in [0, 0.05) is 6.07 Å². The summed E-state index contributed by atoms with van der Waals surface area (Å²) >= 11 is 0. The van der Waals surface area contributed by atoms with Crippen molar-refractivity contribution in [3.05, 3.63) is 29.8 Å². The third kappa shape index (κ3) is 3.20. The molecule has 0 heterocycles. The highest BCUT2D eigenvalue weighted by Crippen LogP contribution is 2.21. The lowest BCUT2D eigenvalue weighted by molar-refractivity contribution is -0.153. The first-order valence-corrected chi connectivity index (χ1v) is 3.53. The Morgan fingerprint density at radius 1 is 1.14 bits per heavy atom. The maximum absolute atomic E-state index is 12.7. The summed E-state index contributed by atoms with van der Waals surface area (Å²) in [5.74, 6) is -2.65. The quantitative estimate of drug-likeness (QED) is 0.685. The van der Waals surface area contributed by atoms with Crippen LogP contribution >= 0.6 is 0 Å². The van der Waals surface area contributed by atoms with Crippen molar-refractivity contribution in [2.75, 3.05) is 6.61 Å². The summed E-state index contributed by atoms with van der Waals surface area (Å²) in [5.41, 5.74) is 0. The molecule has 0 saturated carbocycles. The molecule has 0 aliphatic rings. The number of benzene rings is 1. The fourth-order valence-corrected chi connectivity index (χ4v) is 0.752. The zero-order valence-electron chi connectivity index (χ0n) is 6.74. The van der Waals surface area contributed by atoms with Crippen LogP contribution < -0.4 is 4.74 Å². The Morgan fingerprint density at radius 2 is 1.79 bits per heavy atom. The predicted molar refractivity (Wildman–Crippen MR) is 37.9 cm³/mol. The Kier molecular flexibility index (Phi) is 2.93. The molecule has 0 unspecified atom stereocenters. The molecule has 0 saturated heterocycles. The van der Waals surface area contributed by atoms with E-state index in [4.69, 9.17) is 0 Å². The number of ether oxygens (including phenoxy) is 1. The molecule has 0 bridgehead atoms. The summed E-state index contributed by atoms with van der Waals surface area (Å²) in [4.78, 5) is 0. The van der Waals surface area contributed by atoms with E-state index in [0.29, 0.717) is 6.07 Å². The summed E-state index contributed by atoms with van der Waals surface area (Å²) in [5, 5.41) is 0. The van der Waals surface area contributed by atoms with Gasteiger partial charge in [0.05, 0.1) is 0 Å². The molecule has 6 heteroatoms. The minimum absolute atomic E-state index is 0.450. The Labute approximate surface area is 76.1 Å². The lowest BCUT2D eigenvalue weighted by Crippen LogP contribution is -2.19. The van der Waals surface area contributed by atoms with Gasteiger partial charge in [0.2, 0.25) is 0 Å². The summed E-state index contributed by atoms with van der Waals surface area (Å²) in [6, 6.07) is 2.07. The van der Waals surface area contributed by atoms with Gasteiger partial charge in [-0.2, -0.15) is 13.2 Å². The van der Waals surface area contributed by atoms with Gasteiger partial charge >= 0.3 is 6.18 Å². The molecule has 78 valence electrons. The number of alkyl halides is 3. The zero-order chi connectivity index (χ0) is 10.8. The van der Waals surface area contributed by atoms with Gasteiger partial charge in [0.1, 0.15) is 5.82 Å². The first-order valence-electron chi connectivity index (χ1n) is 3.53. The van der Waals surface area contributed by atoms with Crippen LogP contribution in [0.5, 0.6) is 5.75 Å². The minimum Gasteiger partial charge on any atom is -0.481 e. The lowest BCUT2D eigenvalue weighted by atomic mass is 10.3. The van der Waals surface area contributed by atoms with Crippen LogP contribution in [0.4, 0.5) is 22.0 Å². The second-order valence-electron chi connectivity index (χ2n) is 2.48. The topological polar surface area (TPSA) is 9.23 Å². The molecule has 0 N–H and O–H groups in total. The van der Waals surface area contributed by atoms with E-state index in [0.717, 1.165) is 12.1 Å². The van der Waals surface area contributed by atoms with Crippen LogP contribution in [0.15, 0.2) is 18.2 Å². The Balaban J connectivity index is 2.68. The number of hydrogen-bond acceptors (Lipinski definition) is 1. The molecule has 0 atom stereocenters. The van der Waals surface area contributed by atoms with Crippen LogP contribution in [0.3, 0.4) is 0 Å². The standard InChI is InChI=1S/C8H5F5O/c9-5-1-2-7(6(10)3-5)14-4-8(11,12)13/h1-3H,4H2. The maximum atomic E-state index is 12.7. The zero-order valence-corrected chi connectivity index (χ0v) is 6.74. The predicted octanol–water partition coefficient (Wildman–Crippen LogP) is 2.91. The van der Waals surface area contributed by atoms with Crippen molar-refractivity contribution in [2.45, 2.75) is 6.18 Å². The normalized spacial score (nSPS) is 11.5. The van der Waals surface area contributed by atoms with E-state index in [2.05, 4.69) is 4.74 Å².